The molecule has 0 heterocycles. The monoisotopic (exact) mass is 261 g/mol. The van der Waals surface area contributed by atoms with E-state index >= 15 is 0 Å². The Labute approximate surface area is 117 Å². The first-order chi connectivity index (χ1) is 8.93. The van der Waals surface area contributed by atoms with Gasteiger partial charge in [0.05, 0.1) is 0 Å². The molecule has 0 saturated carbocycles. The van der Waals surface area contributed by atoms with Crippen LogP contribution in [0.1, 0.15) is 68.4 Å². The Morgan fingerprint density at radius 2 is 1.84 bits per heavy atom. The maximum Gasteiger partial charge on any atom is 0.251 e. The minimum Gasteiger partial charge on any atom is -0.352 e. The highest BCUT2D eigenvalue weighted by Crippen LogP contribution is 2.19. The Balaban J connectivity index is 2.80. The maximum atomic E-state index is 12.2. The molecule has 1 aromatic rings. The second kappa shape index (κ2) is 7.32. The molecule has 0 saturated heterocycles. The van der Waals surface area contributed by atoms with Crippen LogP contribution in [-0.4, -0.2) is 12.5 Å². The van der Waals surface area contributed by atoms with Gasteiger partial charge in [-0.25, -0.2) is 0 Å². The molecule has 0 aliphatic heterocycles. The van der Waals surface area contributed by atoms with Crippen LogP contribution in [0.4, 0.5) is 0 Å². The fourth-order valence-electron chi connectivity index (χ4n) is 1.96. The molecule has 0 radical (unpaired) electrons. The predicted octanol–water partition coefficient (Wildman–Crippen LogP) is 4.15. The molecular weight excluding hydrogens is 234 g/mol. The van der Waals surface area contributed by atoms with Gasteiger partial charge in [0.25, 0.3) is 5.91 Å². The number of carbonyl (C=O) groups excluding carboxylic acids is 1. The van der Waals surface area contributed by atoms with E-state index in [0.29, 0.717) is 11.8 Å². The third kappa shape index (κ3) is 5.06. The van der Waals surface area contributed by atoms with Gasteiger partial charge < -0.3 is 5.32 Å². The summed E-state index contributed by atoms with van der Waals surface area (Å²) in [5.41, 5.74) is 3.28. The van der Waals surface area contributed by atoms with Crippen molar-refractivity contribution in [1.82, 2.24) is 5.32 Å². The van der Waals surface area contributed by atoms with Crippen molar-refractivity contribution in [2.45, 2.75) is 53.4 Å². The van der Waals surface area contributed by atoms with Gasteiger partial charge in [0.15, 0.2) is 0 Å². The van der Waals surface area contributed by atoms with Crippen LogP contribution in [0.3, 0.4) is 0 Å². The van der Waals surface area contributed by atoms with Crippen LogP contribution in [0.2, 0.25) is 0 Å². The number of amides is 1. The van der Waals surface area contributed by atoms with Gasteiger partial charge >= 0.3 is 0 Å². The number of nitrogens with one attached hydrogen (secondary N) is 1. The van der Waals surface area contributed by atoms with E-state index in [1.807, 2.05) is 12.1 Å². The van der Waals surface area contributed by atoms with E-state index in [-0.39, 0.29) is 5.91 Å². The van der Waals surface area contributed by atoms with Gasteiger partial charge in [-0.2, -0.15) is 0 Å². The van der Waals surface area contributed by atoms with Crippen LogP contribution in [0, 0.1) is 5.92 Å². The summed E-state index contributed by atoms with van der Waals surface area (Å²) in [6.07, 6.45) is 1.99. The van der Waals surface area contributed by atoms with Crippen LogP contribution >= 0.6 is 0 Å². The molecule has 106 valence electrons. The lowest BCUT2D eigenvalue weighted by Crippen LogP contribution is -2.25. The Hall–Kier alpha value is -1.31. The molecule has 1 aromatic carbocycles. The summed E-state index contributed by atoms with van der Waals surface area (Å²) in [4.78, 5) is 12.2. The summed E-state index contributed by atoms with van der Waals surface area (Å²) in [6.45, 7) is 11.5. The molecule has 0 aromatic heterocycles. The third-order valence-electron chi connectivity index (χ3n) is 3.36. The van der Waals surface area contributed by atoms with Gasteiger partial charge in [-0.3, -0.25) is 4.79 Å². The zero-order valence-corrected chi connectivity index (χ0v) is 12.9. The Morgan fingerprint density at radius 1 is 1.16 bits per heavy atom. The standard InChI is InChI=1S/C17H27NO/c1-6-14-9-15(13(4)5)11-16(10-14)17(19)18-8-7-12(2)3/h9-13H,6-8H2,1-5H3,(H,18,19). The minimum atomic E-state index is 0.0536. The number of aryl methyl sites for hydroxylation is 1. The Morgan fingerprint density at radius 3 is 2.37 bits per heavy atom. The molecule has 0 atom stereocenters. The number of benzene rings is 1. The van der Waals surface area contributed by atoms with Crippen LogP contribution in [-0.2, 0) is 6.42 Å². The number of hydrogen-bond donors (Lipinski definition) is 1. The maximum absolute atomic E-state index is 12.2. The van der Waals surface area contributed by atoms with E-state index < -0.39 is 0 Å². The molecule has 0 unspecified atom stereocenters. The molecule has 0 bridgehead atoms. The van der Waals surface area contributed by atoms with E-state index in [2.05, 4.69) is 46.0 Å². The quantitative estimate of drug-likeness (QED) is 0.819. The van der Waals surface area contributed by atoms with Crippen molar-refractivity contribution in [1.29, 1.82) is 0 Å². The predicted molar refractivity (Wildman–Crippen MR) is 81.7 cm³/mol. The molecule has 2 nitrogen and oxygen atoms in total. The average Bonchev–Trinajstić information content (AvgIpc) is 2.37. The van der Waals surface area contributed by atoms with Gasteiger partial charge in [0, 0.05) is 12.1 Å². The fourth-order valence-corrected chi connectivity index (χ4v) is 1.96. The molecule has 1 rings (SSSR count). The van der Waals surface area contributed by atoms with E-state index in [1.165, 1.54) is 11.1 Å². The van der Waals surface area contributed by atoms with Crippen molar-refractivity contribution in [3.63, 3.8) is 0 Å². The second-order valence-corrected chi connectivity index (χ2v) is 5.91. The first-order valence-electron chi connectivity index (χ1n) is 7.36. The second-order valence-electron chi connectivity index (χ2n) is 5.91. The molecule has 0 spiro atoms. The van der Waals surface area contributed by atoms with Crippen molar-refractivity contribution >= 4 is 5.91 Å². The highest BCUT2D eigenvalue weighted by atomic mass is 16.1. The molecule has 0 aliphatic carbocycles. The SMILES string of the molecule is CCc1cc(C(=O)NCCC(C)C)cc(C(C)C)c1. The highest BCUT2D eigenvalue weighted by Gasteiger charge is 2.10. The Bertz CT molecular complexity index is 421. The van der Waals surface area contributed by atoms with Crippen LogP contribution in [0.5, 0.6) is 0 Å². The topological polar surface area (TPSA) is 29.1 Å². The molecule has 2 heteroatoms. The van der Waals surface area contributed by atoms with Crippen LogP contribution in [0.15, 0.2) is 18.2 Å². The van der Waals surface area contributed by atoms with E-state index in [1.54, 1.807) is 0 Å². The van der Waals surface area contributed by atoms with Gasteiger partial charge in [0.1, 0.15) is 0 Å². The highest BCUT2D eigenvalue weighted by molar-refractivity contribution is 5.94. The summed E-state index contributed by atoms with van der Waals surface area (Å²) < 4.78 is 0. The summed E-state index contributed by atoms with van der Waals surface area (Å²) >= 11 is 0. The van der Waals surface area contributed by atoms with Crippen molar-refractivity contribution in [2.75, 3.05) is 6.54 Å². The molecule has 0 fully saturated rings. The first kappa shape index (κ1) is 15.7. The molecule has 1 N–H and O–H groups in total. The summed E-state index contributed by atoms with van der Waals surface area (Å²) in [7, 11) is 0. The van der Waals surface area contributed by atoms with E-state index in [4.69, 9.17) is 0 Å². The average molecular weight is 261 g/mol. The lowest BCUT2D eigenvalue weighted by atomic mass is 9.96. The number of rotatable bonds is 6. The normalized spacial score (nSPS) is 11.1. The fraction of sp³-hybridized carbons (Fsp3) is 0.588. The summed E-state index contributed by atoms with van der Waals surface area (Å²) in [5, 5.41) is 3.01. The number of carbonyl (C=O) groups is 1. The van der Waals surface area contributed by atoms with Crippen molar-refractivity contribution in [3.05, 3.63) is 34.9 Å². The minimum absolute atomic E-state index is 0.0536. The number of hydrogen-bond acceptors (Lipinski definition) is 1. The summed E-state index contributed by atoms with van der Waals surface area (Å²) in [5.74, 6) is 1.13. The molecule has 0 aliphatic rings. The van der Waals surface area contributed by atoms with Gasteiger partial charge in [-0.05, 0) is 47.9 Å². The zero-order valence-electron chi connectivity index (χ0n) is 12.9. The van der Waals surface area contributed by atoms with E-state index in [0.717, 1.165) is 24.9 Å². The van der Waals surface area contributed by atoms with Gasteiger partial charge in [0.2, 0.25) is 0 Å². The van der Waals surface area contributed by atoms with Crippen LogP contribution < -0.4 is 5.32 Å². The van der Waals surface area contributed by atoms with Crippen molar-refractivity contribution in [3.8, 4) is 0 Å². The molecule has 19 heavy (non-hydrogen) atoms. The Kier molecular flexibility index (Phi) is 6.07. The first-order valence-corrected chi connectivity index (χ1v) is 7.36. The summed E-state index contributed by atoms with van der Waals surface area (Å²) in [6, 6.07) is 6.24. The third-order valence-corrected chi connectivity index (χ3v) is 3.36. The molecule has 1 amide bonds. The zero-order chi connectivity index (χ0) is 14.4. The van der Waals surface area contributed by atoms with Crippen molar-refractivity contribution < 1.29 is 4.79 Å². The van der Waals surface area contributed by atoms with Crippen molar-refractivity contribution in [2.24, 2.45) is 5.92 Å². The van der Waals surface area contributed by atoms with Gasteiger partial charge in [-0.1, -0.05) is 40.7 Å². The lowest BCUT2D eigenvalue weighted by molar-refractivity contribution is 0.0952. The molecular formula is C17H27NO. The van der Waals surface area contributed by atoms with Crippen LogP contribution in [0.25, 0.3) is 0 Å². The lowest BCUT2D eigenvalue weighted by Gasteiger charge is -2.12. The van der Waals surface area contributed by atoms with Gasteiger partial charge in [-0.15, -0.1) is 0 Å². The smallest absolute Gasteiger partial charge is 0.251 e. The largest absolute Gasteiger partial charge is 0.352 e. The van der Waals surface area contributed by atoms with E-state index in [9.17, 15) is 4.79 Å².